The number of methoxy groups -OCH3 is 1. The Bertz CT molecular complexity index is 873. The van der Waals surface area contributed by atoms with Crippen LogP contribution in [0.15, 0.2) is 23.8 Å². The third-order valence-electron chi connectivity index (χ3n) is 4.94. The first-order valence-electron chi connectivity index (χ1n) is 9.40. The van der Waals surface area contributed by atoms with Crippen molar-refractivity contribution in [3.05, 3.63) is 29.3 Å². The average Bonchev–Trinajstić information content (AvgIpc) is 2.70. The van der Waals surface area contributed by atoms with Crippen molar-refractivity contribution in [1.29, 1.82) is 0 Å². The topological polar surface area (TPSA) is 128 Å². The minimum Gasteiger partial charge on any atom is -0.493 e. The van der Waals surface area contributed by atoms with Gasteiger partial charge in [-0.2, -0.15) is 0 Å². The number of carbonyl (C=O) groups is 4. The lowest BCUT2D eigenvalue weighted by Crippen LogP contribution is -2.58. The lowest BCUT2D eigenvalue weighted by atomic mass is 9.93. The van der Waals surface area contributed by atoms with Gasteiger partial charge in [0.15, 0.2) is 18.1 Å². The molecule has 0 bridgehead atoms. The van der Waals surface area contributed by atoms with Crippen LogP contribution in [-0.2, 0) is 14.4 Å². The Morgan fingerprint density at radius 3 is 2.59 bits per heavy atom. The molecule has 5 amide bonds. The van der Waals surface area contributed by atoms with Crippen LogP contribution in [0.1, 0.15) is 37.7 Å². The van der Waals surface area contributed by atoms with E-state index in [1.54, 1.807) is 18.2 Å². The van der Waals surface area contributed by atoms with E-state index >= 15 is 0 Å². The number of benzene rings is 1. The number of ether oxygens (including phenoxy) is 2. The van der Waals surface area contributed by atoms with Crippen molar-refractivity contribution >= 4 is 29.8 Å². The van der Waals surface area contributed by atoms with Crippen molar-refractivity contribution < 1.29 is 28.7 Å². The molecule has 1 aromatic carbocycles. The number of rotatable bonds is 6. The van der Waals surface area contributed by atoms with E-state index in [4.69, 9.17) is 15.2 Å². The maximum atomic E-state index is 12.9. The minimum atomic E-state index is -0.736. The molecule has 9 heteroatoms. The van der Waals surface area contributed by atoms with Gasteiger partial charge in [-0.15, -0.1) is 0 Å². The zero-order valence-electron chi connectivity index (χ0n) is 16.1. The second kappa shape index (κ2) is 8.76. The first kappa shape index (κ1) is 20.4. The number of imide groups is 2. The molecular formula is C20H23N3O6. The summed E-state index contributed by atoms with van der Waals surface area (Å²) in [6.07, 6.45) is 5.84. The SMILES string of the molecule is COc1cc(C=C2C(=O)NC(=O)N(C3CCCCC3)C2=O)ccc1OCC(N)=O. The molecule has 0 atom stereocenters. The number of nitrogens with one attached hydrogen (secondary N) is 1. The molecule has 1 aliphatic heterocycles. The Hall–Kier alpha value is -3.36. The molecule has 3 rings (SSSR count). The number of barbiturate groups is 1. The van der Waals surface area contributed by atoms with Gasteiger partial charge in [-0.3, -0.25) is 24.6 Å². The van der Waals surface area contributed by atoms with E-state index in [1.165, 1.54) is 13.2 Å². The Balaban J connectivity index is 1.87. The Labute approximate surface area is 167 Å². The quantitative estimate of drug-likeness (QED) is 0.547. The third-order valence-corrected chi connectivity index (χ3v) is 4.94. The summed E-state index contributed by atoms with van der Waals surface area (Å²) in [6.45, 7) is -0.309. The monoisotopic (exact) mass is 401 g/mol. The molecule has 3 N–H and O–H groups in total. The molecular weight excluding hydrogens is 378 g/mol. The summed E-state index contributed by atoms with van der Waals surface area (Å²) < 4.78 is 10.5. The van der Waals surface area contributed by atoms with E-state index in [0.29, 0.717) is 17.1 Å². The number of primary amides is 1. The van der Waals surface area contributed by atoms with Crippen LogP contribution < -0.4 is 20.5 Å². The molecule has 1 saturated heterocycles. The van der Waals surface area contributed by atoms with Crippen molar-refractivity contribution in [2.45, 2.75) is 38.1 Å². The van der Waals surface area contributed by atoms with Gasteiger partial charge in [-0.05, 0) is 36.6 Å². The van der Waals surface area contributed by atoms with Crippen molar-refractivity contribution in [2.75, 3.05) is 13.7 Å². The lowest BCUT2D eigenvalue weighted by molar-refractivity contribution is -0.132. The van der Waals surface area contributed by atoms with Gasteiger partial charge in [-0.1, -0.05) is 25.3 Å². The summed E-state index contributed by atoms with van der Waals surface area (Å²) in [5, 5.41) is 2.25. The van der Waals surface area contributed by atoms with Crippen LogP contribution in [0.3, 0.4) is 0 Å². The highest BCUT2D eigenvalue weighted by atomic mass is 16.5. The van der Waals surface area contributed by atoms with E-state index in [-0.39, 0.29) is 18.2 Å². The predicted octanol–water partition coefficient (Wildman–Crippen LogP) is 1.35. The average molecular weight is 401 g/mol. The van der Waals surface area contributed by atoms with Gasteiger partial charge in [0.25, 0.3) is 17.7 Å². The molecule has 0 aromatic heterocycles. The normalized spacial score (nSPS) is 19.3. The number of nitrogens with two attached hydrogens (primary N) is 1. The van der Waals surface area contributed by atoms with Crippen LogP contribution in [0.2, 0.25) is 0 Å². The van der Waals surface area contributed by atoms with E-state index in [2.05, 4.69) is 5.32 Å². The van der Waals surface area contributed by atoms with Gasteiger partial charge in [0, 0.05) is 6.04 Å². The molecule has 0 unspecified atom stereocenters. The first-order valence-corrected chi connectivity index (χ1v) is 9.40. The number of amides is 5. The van der Waals surface area contributed by atoms with Crippen LogP contribution in [0.5, 0.6) is 11.5 Å². The second-order valence-electron chi connectivity index (χ2n) is 6.95. The Morgan fingerprint density at radius 2 is 1.93 bits per heavy atom. The van der Waals surface area contributed by atoms with Crippen molar-refractivity contribution in [3.8, 4) is 11.5 Å². The van der Waals surface area contributed by atoms with Crippen LogP contribution in [0, 0.1) is 0 Å². The third kappa shape index (κ3) is 4.56. The number of hydrogen-bond donors (Lipinski definition) is 2. The van der Waals surface area contributed by atoms with Crippen LogP contribution in [0.25, 0.3) is 6.08 Å². The zero-order valence-corrected chi connectivity index (χ0v) is 16.1. The predicted molar refractivity (Wildman–Crippen MR) is 103 cm³/mol. The number of nitrogens with zero attached hydrogens (tertiary/aromatic N) is 1. The number of hydrogen-bond acceptors (Lipinski definition) is 6. The molecule has 154 valence electrons. The second-order valence-corrected chi connectivity index (χ2v) is 6.95. The Kier molecular flexibility index (Phi) is 6.16. The van der Waals surface area contributed by atoms with Crippen molar-refractivity contribution in [3.63, 3.8) is 0 Å². The minimum absolute atomic E-state index is 0.122. The maximum absolute atomic E-state index is 12.9. The largest absolute Gasteiger partial charge is 0.493 e. The summed E-state index contributed by atoms with van der Waals surface area (Å²) in [5.74, 6) is -1.36. The molecule has 1 aromatic rings. The highest BCUT2D eigenvalue weighted by molar-refractivity contribution is 6.31. The molecule has 2 aliphatic rings. The molecule has 2 fully saturated rings. The van der Waals surface area contributed by atoms with Crippen molar-refractivity contribution in [1.82, 2.24) is 10.2 Å². The van der Waals surface area contributed by atoms with E-state index in [9.17, 15) is 19.2 Å². The van der Waals surface area contributed by atoms with E-state index < -0.39 is 23.8 Å². The number of urea groups is 1. The van der Waals surface area contributed by atoms with Gasteiger partial charge in [0.1, 0.15) is 5.57 Å². The molecule has 9 nitrogen and oxygen atoms in total. The van der Waals surface area contributed by atoms with E-state index in [1.807, 2.05) is 0 Å². The molecule has 0 radical (unpaired) electrons. The molecule has 1 aliphatic carbocycles. The summed E-state index contributed by atoms with van der Waals surface area (Å²) >= 11 is 0. The summed E-state index contributed by atoms with van der Waals surface area (Å²) in [7, 11) is 1.42. The fourth-order valence-electron chi connectivity index (χ4n) is 3.55. The highest BCUT2D eigenvalue weighted by Crippen LogP contribution is 2.30. The van der Waals surface area contributed by atoms with E-state index in [0.717, 1.165) is 37.0 Å². The molecule has 0 spiro atoms. The van der Waals surface area contributed by atoms with Crippen LogP contribution >= 0.6 is 0 Å². The van der Waals surface area contributed by atoms with Gasteiger partial charge in [0.2, 0.25) is 0 Å². The first-order chi connectivity index (χ1) is 13.9. The van der Waals surface area contributed by atoms with Crippen LogP contribution in [-0.4, -0.2) is 48.4 Å². The fraction of sp³-hybridized carbons (Fsp3) is 0.400. The Morgan fingerprint density at radius 1 is 1.21 bits per heavy atom. The lowest BCUT2D eigenvalue weighted by Gasteiger charge is -2.35. The fourth-order valence-corrected chi connectivity index (χ4v) is 3.55. The molecule has 29 heavy (non-hydrogen) atoms. The smallest absolute Gasteiger partial charge is 0.331 e. The maximum Gasteiger partial charge on any atom is 0.331 e. The summed E-state index contributed by atoms with van der Waals surface area (Å²) in [4.78, 5) is 49.5. The van der Waals surface area contributed by atoms with Gasteiger partial charge >= 0.3 is 6.03 Å². The molecule has 1 heterocycles. The standard InChI is InChI=1S/C20H23N3O6/c1-28-16-10-12(7-8-15(16)29-11-17(21)24)9-14-18(25)22-20(27)23(19(14)26)13-5-3-2-4-6-13/h7-10,13H,2-6,11H2,1H3,(H2,21,24)(H,22,25,27). The van der Waals surface area contributed by atoms with Crippen LogP contribution in [0.4, 0.5) is 4.79 Å². The van der Waals surface area contributed by atoms with Gasteiger partial charge < -0.3 is 15.2 Å². The summed E-state index contributed by atoms with van der Waals surface area (Å²) in [5.41, 5.74) is 5.46. The zero-order chi connectivity index (χ0) is 21.0. The molecule has 1 saturated carbocycles. The van der Waals surface area contributed by atoms with Crippen molar-refractivity contribution in [2.24, 2.45) is 5.73 Å². The van der Waals surface area contributed by atoms with Gasteiger partial charge in [0.05, 0.1) is 7.11 Å². The number of carbonyl (C=O) groups excluding carboxylic acids is 4. The highest BCUT2D eigenvalue weighted by Gasteiger charge is 2.40. The summed E-state index contributed by atoms with van der Waals surface area (Å²) in [6, 6.07) is 3.84. The van der Waals surface area contributed by atoms with Gasteiger partial charge in [-0.25, -0.2) is 4.79 Å².